The number of benzene rings is 1. The van der Waals surface area contributed by atoms with Crippen molar-refractivity contribution in [1.29, 1.82) is 0 Å². The quantitative estimate of drug-likeness (QED) is 0.510. The van der Waals surface area contributed by atoms with Gasteiger partial charge in [-0.2, -0.15) is 0 Å². The molecule has 228 valence electrons. The summed E-state index contributed by atoms with van der Waals surface area (Å²) in [6.45, 7) is 7.77. The predicted octanol–water partition coefficient (Wildman–Crippen LogP) is 4.46. The Hall–Kier alpha value is -1.64. The summed E-state index contributed by atoms with van der Waals surface area (Å²) < 4.78 is 5.27. The van der Waals surface area contributed by atoms with Crippen molar-refractivity contribution < 1.29 is 24.5 Å². The van der Waals surface area contributed by atoms with Crippen LogP contribution >= 0.6 is 24.8 Å². The highest BCUT2D eigenvalue weighted by Crippen LogP contribution is 2.67. The Morgan fingerprint density at radius 3 is 2.37 bits per heavy atom. The van der Waals surface area contributed by atoms with Gasteiger partial charge >= 0.3 is 0 Å². The van der Waals surface area contributed by atoms with Gasteiger partial charge in [0, 0.05) is 43.7 Å². The van der Waals surface area contributed by atoms with Crippen LogP contribution in [-0.4, -0.2) is 78.2 Å². The first-order valence-corrected chi connectivity index (χ1v) is 14.9. The minimum Gasteiger partial charge on any atom is -0.497 e. The zero-order valence-electron chi connectivity index (χ0n) is 24.5. The lowest BCUT2D eigenvalue weighted by atomic mass is 9.45. The van der Waals surface area contributed by atoms with E-state index in [2.05, 4.69) is 35.8 Å². The van der Waals surface area contributed by atoms with Crippen LogP contribution < -0.4 is 9.64 Å². The maximum absolute atomic E-state index is 13.9. The van der Waals surface area contributed by atoms with Crippen LogP contribution in [0.15, 0.2) is 35.9 Å². The third-order valence-electron chi connectivity index (χ3n) is 11.7. The van der Waals surface area contributed by atoms with Crippen LogP contribution in [0.4, 0.5) is 5.69 Å². The molecule has 4 aliphatic carbocycles. The molecule has 9 heteroatoms. The van der Waals surface area contributed by atoms with Crippen LogP contribution in [0, 0.1) is 28.6 Å². The summed E-state index contributed by atoms with van der Waals surface area (Å²) in [5.74, 6) is 1.54. The number of nitrogens with zero attached hydrogens (tertiary/aromatic N) is 2. The summed E-state index contributed by atoms with van der Waals surface area (Å²) in [4.78, 5) is 30.5. The number of halogens is 2. The van der Waals surface area contributed by atoms with E-state index in [0.717, 1.165) is 63.3 Å². The van der Waals surface area contributed by atoms with Gasteiger partial charge in [-0.05, 0) is 92.0 Å². The maximum Gasteiger partial charge on any atom is 0.178 e. The second-order valence-corrected chi connectivity index (χ2v) is 13.4. The minimum absolute atomic E-state index is 0. The van der Waals surface area contributed by atoms with E-state index in [1.165, 1.54) is 5.57 Å². The summed E-state index contributed by atoms with van der Waals surface area (Å²) in [7, 11) is 1.67. The van der Waals surface area contributed by atoms with Crippen molar-refractivity contribution in [2.24, 2.45) is 28.6 Å². The van der Waals surface area contributed by atoms with Gasteiger partial charge in [0.05, 0.1) is 19.8 Å². The predicted molar refractivity (Wildman–Crippen MR) is 164 cm³/mol. The molecule has 3 saturated carbocycles. The van der Waals surface area contributed by atoms with Gasteiger partial charge in [0.15, 0.2) is 11.6 Å². The van der Waals surface area contributed by atoms with Gasteiger partial charge in [-0.3, -0.25) is 14.5 Å². The highest BCUT2D eigenvalue weighted by atomic mass is 35.5. The lowest BCUT2D eigenvalue weighted by molar-refractivity contribution is -0.181. The lowest BCUT2D eigenvalue weighted by Crippen LogP contribution is -2.63. The SMILES string of the molecule is COc1ccc(N2CCN(CC(=O)[C@@]3(O)CC[C@H]4[C@@H]5CCC6=CC(=O)CC[C@]6(C)[C@H]5C(O)C[C@@]43C)CC2)cc1.Cl.Cl. The van der Waals surface area contributed by atoms with Gasteiger partial charge in [0.1, 0.15) is 11.4 Å². The minimum atomic E-state index is -1.41. The second-order valence-electron chi connectivity index (χ2n) is 13.4. The normalized spacial score (nSPS) is 38.4. The average Bonchev–Trinajstić information content (AvgIpc) is 3.20. The van der Waals surface area contributed by atoms with Crippen LogP contribution in [0.3, 0.4) is 0 Å². The number of carbonyl (C=O) groups is 2. The Balaban J connectivity index is 0.00000194. The van der Waals surface area contributed by atoms with Crippen molar-refractivity contribution in [3.05, 3.63) is 35.9 Å². The number of allylic oxidation sites excluding steroid dienone is 1. The number of anilines is 1. The molecule has 1 unspecified atom stereocenters. The van der Waals surface area contributed by atoms with Crippen LogP contribution in [0.1, 0.15) is 58.8 Å². The largest absolute Gasteiger partial charge is 0.497 e. The Morgan fingerprint density at radius 2 is 1.71 bits per heavy atom. The molecule has 0 spiro atoms. The highest BCUT2D eigenvalue weighted by molar-refractivity contribution is 5.92. The number of carbonyl (C=O) groups excluding carboxylic acids is 2. The molecule has 0 bridgehead atoms. The topological polar surface area (TPSA) is 90.3 Å². The van der Waals surface area contributed by atoms with Crippen molar-refractivity contribution >= 4 is 42.1 Å². The molecule has 7 atom stereocenters. The van der Waals surface area contributed by atoms with Crippen LogP contribution in [0.2, 0.25) is 0 Å². The number of methoxy groups -OCH3 is 1. The lowest BCUT2D eigenvalue weighted by Gasteiger charge is -2.60. The smallest absolute Gasteiger partial charge is 0.178 e. The molecular formula is C32H46Cl2N2O5. The molecule has 1 aromatic rings. The average molecular weight is 610 g/mol. The molecule has 1 aromatic carbocycles. The number of aliphatic hydroxyl groups excluding tert-OH is 1. The van der Waals surface area contributed by atoms with Gasteiger partial charge in [-0.15, -0.1) is 24.8 Å². The van der Waals surface area contributed by atoms with Gasteiger partial charge in [0.25, 0.3) is 0 Å². The molecule has 0 aromatic heterocycles. The fourth-order valence-electron chi connectivity index (χ4n) is 9.44. The van der Waals surface area contributed by atoms with Gasteiger partial charge < -0.3 is 19.8 Å². The molecule has 41 heavy (non-hydrogen) atoms. The summed E-state index contributed by atoms with van der Waals surface area (Å²) in [5, 5.41) is 23.7. The van der Waals surface area contributed by atoms with Crippen LogP contribution in [0.25, 0.3) is 0 Å². The number of fused-ring (bicyclic) bond motifs is 5. The molecule has 1 saturated heterocycles. The first kappa shape index (κ1) is 32.3. The Kier molecular flexibility index (Phi) is 9.29. The molecule has 1 aliphatic heterocycles. The first-order chi connectivity index (χ1) is 18.6. The van der Waals surface area contributed by atoms with Gasteiger partial charge in [0.2, 0.25) is 0 Å². The number of ketones is 2. The summed E-state index contributed by atoms with van der Waals surface area (Å²) in [6.07, 6.45) is 6.17. The summed E-state index contributed by atoms with van der Waals surface area (Å²) in [6, 6.07) is 8.08. The molecular weight excluding hydrogens is 563 g/mol. The van der Waals surface area contributed by atoms with Gasteiger partial charge in [-0.25, -0.2) is 0 Å². The van der Waals surface area contributed by atoms with Crippen molar-refractivity contribution in [3.63, 3.8) is 0 Å². The number of hydrogen-bond acceptors (Lipinski definition) is 7. The molecule has 6 rings (SSSR count). The molecule has 2 N–H and O–H groups in total. The number of aliphatic hydroxyl groups is 2. The summed E-state index contributed by atoms with van der Waals surface area (Å²) >= 11 is 0. The Bertz CT molecular complexity index is 1170. The highest BCUT2D eigenvalue weighted by Gasteiger charge is 2.68. The zero-order chi connectivity index (χ0) is 27.6. The van der Waals surface area contributed by atoms with Crippen molar-refractivity contribution in [1.82, 2.24) is 4.90 Å². The second kappa shape index (κ2) is 11.8. The number of hydrogen-bond donors (Lipinski definition) is 2. The molecule has 7 nitrogen and oxygen atoms in total. The Morgan fingerprint density at radius 1 is 1.02 bits per heavy atom. The van der Waals surface area contributed by atoms with Crippen LogP contribution in [-0.2, 0) is 9.59 Å². The van der Waals surface area contributed by atoms with Crippen molar-refractivity contribution in [2.45, 2.75) is 70.5 Å². The molecule has 0 radical (unpaired) electrons. The maximum atomic E-state index is 13.9. The van der Waals surface area contributed by atoms with E-state index in [9.17, 15) is 19.8 Å². The van der Waals surface area contributed by atoms with E-state index < -0.39 is 17.1 Å². The van der Waals surface area contributed by atoms with E-state index in [-0.39, 0.29) is 66.1 Å². The van der Waals surface area contributed by atoms with Crippen molar-refractivity contribution in [2.75, 3.05) is 44.7 Å². The van der Waals surface area contributed by atoms with E-state index in [1.54, 1.807) is 7.11 Å². The number of rotatable bonds is 5. The zero-order valence-corrected chi connectivity index (χ0v) is 26.1. The van der Waals surface area contributed by atoms with E-state index in [0.29, 0.717) is 19.3 Å². The molecule has 5 aliphatic rings. The van der Waals surface area contributed by atoms with Crippen LogP contribution in [0.5, 0.6) is 5.75 Å². The number of piperazine rings is 1. The molecule has 4 fully saturated rings. The first-order valence-electron chi connectivity index (χ1n) is 14.9. The fraction of sp³-hybridized carbons (Fsp3) is 0.688. The third-order valence-corrected chi connectivity index (χ3v) is 11.7. The Labute approximate surface area is 256 Å². The monoisotopic (exact) mass is 608 g/mol. The number of Topliss-reactive ketones (excluding diaryl/α,β-unsaturated/α-hetero) is 1. The standard InChI is InChI=1S/C32H44N2O5.2ClH/c1-30-12-10-23(35)18-21(30)4-9-25-26-11-13-32(38,31(26,2)19-27(36)29(25)30)28(37)20-33-14-16-34(17-15-33)22-5-7-24(39-3)8-6-22;;/h5-8,18,25-27,29,36,38H,4,9-17,19-20H2,1-3H3;2*1H/t25-,26-,27?,29+,30-,31-,32-;;/m0../s1. The third kappa shape index (κ3) is 5.14. The molecule has 1 heterocycles. The van der Waals surface area contributed by atoms with E-state index in [4.69, 9.17) is 4.74 Å². The van der Waals surface area contributed by atoms with E-state index in [1.807, 2.05) is 18.2 Å². The molecule has 0 amide bonds. The summed E-state index contributed by atoms with van der Waals surface area (Å²) in [5.41, 5.74) is 0.166. The fourth-order valence-corrected chi connectivity index (χ4v) is 9.44. The van der Waals surface area contributed by atoms with Crippen molar-refractivity contribution in [3.8, 4) is 5.75 Å². The van der Waals surface area contributed by atoms with Gasteiger partial charge in [-0.1, -0.05) is 19.4 Å². The number of ether oxygens (including phenoxy) is 1. The van der Waals surface area contributed by atoms with E-state index >= 15 is 0 Å².